The number of aliphatic carboxylic acids is 1. The van der Waals surface area contributed by atoms with Gasteiger partial charge in [-0.25, -0.2) is 0 Å². The molecule has 3 rings (SSSR count). The molecule has 1 aliphatic rings. The van der Waals surface area contributed by atoms with Crippen molar-refractivity contribution in [1.29, 1.82) is 0 Å². The number of carbonyl (C=O) groups excluding carboxylic acids is 3. The van der Waals surface area contributed by atoms with Gasteiger partial charge in [0, 0.05) is 12.3 Å². The van der Waals surface area contributed by atoms with Crippen LogP contribution in [0, 0.1) is 17.8 Å². The van der Waals surface area contributed by atoms with E-state index in [1.807, 2.05) is 56.3 Å². The Kier molecular flexibility index (Phi) is 9.44. The van der Waals surface area contributed by atoms with E-state index < -0.39 is 41.7 Å². The first-order valence-electron chi connectivity index (χ1n) is 12.7. The highest BCUT2D eigenvalue weighted by atomic mass is 16.4. The minimum atomic E-state index is -1.05. The van der Waals surface area contributed by atoms with Crippen molar-refractivity contribution in [3.63, 3.8) is 0 Å². The summed E-state index contributed by atoms with van der Waals surface area (Å²) in [4.78, 5) is 50.1. The van der Waals surface area contributed by atoms with E-state index in [-0.39, 0.29) is 18.8 Å². The third-order valence-electron chi connectivity index (χ3n) is 6.94. The molecular formula is C28H37N3O5. The van der Waals surface area contributed by atoms with E-state index in [2.05, 4.69) is 10.6 Å². The molecule has 0 heterocycles. The van der Waals surface area contributed by atoms with E-state index in [9.17, 15) is 24.3 Å². The molecule has 0 spiro atoms. The number of hydrogen-bond acceptors (Lipinski definition) is 4. The Labute approximate surface area is 212 Å². The molecule has 0 bridgehead atoms. The Bertz CT molecular complexity index is 1090. The molecule has 8 nitrogen and oxygen atoms in total. The van der Waals surface area contributed by atoms with Crippen LogP contribution in [0.4, 0.5) is 0 Å². The number of carboxylic acids is 1. The second-order valence-corrected chi connectivity index (χ2v) is 10.3. The Hall–Kier alpha value is -3.42. The average Bonchev–Trinajstić information content (AvgIpc) is 2.79. The van der Waals surface area contributed by atoms with Gasteiger partial charge < -0.3 is 21.5 Å². The summed E-state index contributed by atoms with van der Waals surface area (Å²) in [6.45, 7) is 3.85. The van der Waals surface area contributed by atoms with Crippen LogP contribution in [-0.4, -0.2) is 40.9 Å². The van der Waals surface area contributed by atoms with Gasteiger partial charge in [-0.1, -0.05) is 75.6 Å². The molecule has 3 amide bonds. The number of nitrogens with two attached hydrogens (primary N) is 1. The van der Waals surface area contributed by atoms with Crippen molar-refractivity contribution in [3.8, 4) is 0 Å². The third kappa shape index (κ3) is 7.54. The number of hydrogen-bond donors (Lipinski definition) is 4. The highest BCUT2D eigenvalue weighted by Gasteiger charge is 2.32. The average molecular weight is 496 g/mol. The summed E-state index contributed by atoms with van der Waals surface area (Å²) in [5, 5.41) is 16.9. The van der Waals surface area contributed by atoms with Gasteiger partial charge in [0.2, 0.25) is 17.7 Å². The Balaban J connectivity index is 1.86. The number of nitrogens with one attached hydrogen (secondary N) is 2. The summed E-state index contributed by atoms with van der Waals surface area (Å²) in [6.07, 6.45) is 3.81. The Morgan fingerprint density at radius 3 is 2.25 bits per heavy atom. The van der Waals surface area contributed by atoms with Gasteiger partial charge in [-0.05, 0) is 41.0 Å². The second kappa shape index (κ2) is 12.5. The lowest BCUT2D eigenvalue weighted by Gasteiger charge is -2.30. The van der Waals surface area contributed by atoms with Gasteiger partial charge in [0.05, 0.1) is 6.42 Å². The Morgan fingerprint density at radius 1 is 0.972 bits per heavy atom. The molecule has 3 atom stereocenters. The summed E-state index contributed by atoms with van der Waals surface area (Å²) < 4.78 is 0. The van der Waals surface area contributed by atoms with Crippen LogP contribution in [0.2, 0.25) is 0 Å². The fourth-order valence-electron chi connectivity index (χ4n) is 4.80. The Morgan fingerprint density at radius 2 is 1.64 bits per heavy atom. The molecule has 0 unspecified atom stereocenters. The molecule has 8 heteroatoms. The number of primary amides is 1. The van der Waals surface area contributed by atoms with E-state index in [1.54, 1.807) is 0 Å². The first-order valence-corrected chi connectivity index (χ1v) is 12.7. The van der Waals surface area contributed by atoms with E-state index in [0.717, 1.165) is 35.6 Å². The molecule has 1 fully saturated rings. The fraction of sp³-hybridized carbons (Fsp3) is 0.500. The van der Waals surface area contributed by atoms with Crippen molar-refractivity contribution in [1.82, 2.24) is 10.6 Å². The minimum Gasteiger partial charge on any atom is -0.481 e. The molecule has 194 valence electrons. The van der Waals surface area contributed by atoms with E-state index >= 15 is 0 Å². The molecular weight excluding hydrogens is 458 g/mol. The molecule has 36 heavy (non-hydrogen) atoms. The van der Waals surface area contributed by atoms with Crippen LogP contribution >= 0.6 is 0 Å². The lowest BCUT2D eigenvalue weighted by molar-refractivity contribution is -0.142. The molecule has 0 radical (unpaired) electrons. The predicted octanol–water partition coefficient (Wildman–Crippen LogP) is 3.16. The maximum absolute atomic E-state index is 13.4. The lowest BCUT2D eigenvalue weighted by atomic mass is 9.78. The summed E-state index contributed by atoms with van der Waals surface area (Å²) in [6, 6.07) is 11.7. The number of rotatable bonds is 13. The van der Waals surface area contributed by atoms with Gasteiger partial charge in [0.25, 0.3) is 0 Å². The summed E-state index contributed by atoms with van der Waals surface area (Å²) in [5.74, 6) is -2.93. The van der Waals surface area contributed by atoms with Crippen LogP contribution in [0.25, 0.3) is 10.8 Å². The van der Waals surface area contributed by atoms with Gasteiger partial charge in [0.15, 0.2) is 0 Å². The molecule has 1 saturated carbocycles. The molecule has 1 aliphatic carbocycles. The molecule has 0 aromatic heterocycles. The third-order valence-corrected chi connectivity index (χ3v) is 6.94. The number of amides is 3. The van der Waals surface area contributed by atoms with Crippen LogP contribution in [0.5, 0.6) is 0 Å². The fourth-order valence-corrected chi connectivity index (χ4v) is 4.80. The summed E-state index contributed by atoms with van der Waals surface area (Å²) in [7, 11) is 0. The highest BCUT2D eigenvalue weighted by molar-refractivity contribution is 5.94. The van der Waals surface area contributed by atoms with Gasteiger partial charge in [0.1, 0.15) is 12.1 Å². The largest absolute Gasteiger partial charge is 0.481 e. The first kappa shape index (κ1) is 27.2. The number of fused-ring (bicyclic) bond motifs is 1. The molecule has 2 aromatic rings. The normalized spacial score (nSPS) is 16.1. The SMILES string of the molecule is CC(C)C[C@H](NC(=O)[C@H](Cc1cccc2ccccc12)NC(=O)[C@H](CC(=O)O)CC1CCC1)C(N)=O. The number of carbonyl (C=O) groups is 4. The topological polar surface area (TPSA) is 139 Å². The standard InChI is InChI=1S/C28H37N3O5/c1-17(2)13-23(26(29)34)30-28(36)24(15-20-11-6-10-19-9-3-4-12-22(19)20)31-27(35)21(16-25(32)33)14-18-7-5-8-18/h3-4,6,9-12,17-18,21,23-24H,5,7-8,13-16H2,1-2H3,(H2,29,34)(H,30,36)(H,31,35)(H,32,33)/t21-,23-,24-/m0/s1. The van der Waals surface area contributed by atoms with Crippen molar-refractivity contribution < 1.29 is 24.3 Å². The van der Waals surface area contributed by atoms with Crippen LogP contribution in [0.15, 0.2) is 42.5 Å². The minimum absolute atomic E-state index is 0.122. The van der Waals surface area contributed by atoms with E-state index in [4.69, 9.17) is 5.73 Å². The van der Waals surface area contributed by atoms with Crippen LogP contribution < -0.4 is 16.4 Å². The first-order chi connectivity index (χ1) is 17.1. The van der Waals surface area contributed by atoms with Gasteiger partial charge in [-0.3, -0.25) is 19.2 Å². The molecule has 0 aliphatic heterocycles. The number of carboxylic acid groups (broad SMARTS) is 1. The maximum Gasteiger partial charge on any atom is 0.304 e. The smallest absolute Gasteiger partial charge is 0.304 e. The lowest BCUT2D eigenvalue weighted by Crippen LogP contribution is -2.55. The van der Waals surface area contributed by atoms with Crippen molar-refractivity contribution in [2.45, 2.75) is 70.9 Å². The summed E-state index contributed by atoms with van der Waals surface area (Å²) in [5.41, 5.74) is 6.40. The van der Waals surface area contributed by atoms with Gasteiger partial charge in [-0.15, -0.1) is 0 Å². The number of benzene rings is 2. The highest BCUT2D eigenvalue weighted by Crippen LogP contribution is 2.33. The van der Waals surface area contributed by atoms with Crippen LogP contribution in [0.3, 0.4) is 0 Å². The zero-order valence-electron chi connectivity index (χ0n) is 21.0. The molecule has 5 N–H and O–H groups in total. The quantitative estimate of drug-likeness (QED) is 0.338. The van der Waals surface area contributed by atoms with Gasteiger partial charge in [-0.2, -0.15) is 0 Å². The monoisotopic (exact) mass is 495 g/mol. The predicted molar refractivity (Wildman–Crippen MR) is 138 cm³/mol. The zero-order valence-corrected chi connectivity index (χ0v) is 21.0. The van der Waals surface area contributed by atoms with Gasteiger partial charge >= 0.3 is 5.97 Å². The van der Waals surface area contributed by atoms with Crippen molar-refractivity contribution in [3.05, 3.63) is 48.0 Å². The van der Waals surface area contributed by atoms with E-state index in [0.29, 0.717) is 18.8 Å². The van der Waals surface area contributed by atoms with Crippen molar-refractivity contribution in [2.75, 3.05) is 0 Å². The van der Waals surface area contributed by atoms with Crippen molar-refractivity contribution in [2.24, 2.45) is 23.5 Å². The van der Waals surface area contributed by atoms with E-state index in [1.165, 1.54) is 0 Å². The second-order valence-electron chi connectivity index (χ2n) is 10.3. The van der Waals surface area contributed by atoms with Crippen molar-refractivity contribution >= 4 is 34.5 Å². The summed E-state index contributed by atoms with van der Waals surface area (Å²) >= 11 is 0. The van der Waals surface area contributed by atoms with Crippen LogP contribution in [0.1, 0.15) is 57.9 Å². The molecule has 2 aromatic carbocycles. The molecule has 0 saturated heterocycles. The zero-order chi connectivity index (χ0) is 26.2. The van der Waals surface area contributed by atoms with Crippen LogP contribution in [-0.2, 0) is 25.6 Å². The maximum atomic E-state index is 13.4.